The summed E-state index contributed by atoms with van der Waals surface area (Å²) in [5.74, 6) is -1.36. The van der Waals surface area contributed by atoms with Crippen LogP contribution in [0.1, 0.15) is 21.8 Å². The molecule has 0 amide bonds. The SMILES string of the molecule is Cc1ccc(OCC(=O)c2ccc(-c3noc(C(F)(F)F)n3)cc2)cc1Br. The van der Waals surface area contributed by atoms with Gasteiger partial charge < -0.3 is 9.26 Å². The zero-order valence-electron chi connectivity index (χ0n) is 13.9. The van der Waals surface area contributed by atoms with E-state index in [0.29, 0.717) is 16.9 Å². The van der Waals surface area contributed by atoms with Crippen LogP contribution in [0.3, 0.4) is 0 Å². The van der Waals surface area contributed by atoms with Crippen molar-refractivity contribution in [2.45, 2.75) is 13.1 Å². The zero-order chi connectivity index (χ0) is 19.6. The summed E-state index contributed by atoms with van der Waals surface area (Å²) in [6.45, 7) is 1.76. The molecule has 140 valence electrons. The molecule has 1 heterocycles. The number of carbonyl (C=O) groups excluding carboxylic acids is 1. The molecule has 9 heteroatoms. The number of ether oxygens (including phenoxy) is 1. The number of hydrogen-bond acceptors (Lipinski definition) is 5. The standard InChI is InChI=1S/C18H12BrF3N2O3/c1-10-2-7-13(8-14(10)19)26-9-15(25)11-3-5-12(6-4-11)16-23-17(27-24-16)18(20,21)22/h2-8H,9H2,1H3. The summed E-state index contributed by atoms with van der Waals surface area (Å²) in [5.41, 5.74) is 1.69. The first kappa shape index (κ1) is 19.1. The first-order valence-corrected chi connectivity index (χ1v) is 8.47. The van der Waals surface area contributed by atoms with E-state index in [9.17, 15) is 18.0 Å². The number of hydrogen-bond donors (Lipinski definition) is 0. The number of aryl methyl sites for hydroxylation is 1. The zero-order valence-corrected chi connectivity index (χ0v) is 15.5. The summed E-state index contributed by atoms with van der Waals surface area (Å²) in [5, 5.41) is 3.30. The van der Waals surface area contributed by atoms with E-state index in [1.165, 1.54) is 24.3 Å². The van der Waals surface area contributed by atoms with Gasteiger partial charge in [0, 0.05) is 15.6 Å². The van der Waals surface area contributed by atoms with Gasteiger partial charge >= 0.3 is 12.1 Å². The molecule has 0 saturated carbocycles. The molecule has 2 aromatic carbocycles. The van der Waals surface area contributed by atoms with Gasteiger partial charge in [-0.1, -0.05) is 51.4 Å². The highest BCUT2D eigenvalue weighted by molar-refractivity contribution is 9.10. The molecule has 0 atom stereocenters. The van der Waals surface area contributed by atoms with E-state index in [4.69, 9.17) is 4.74 Å². The lowest BCUT2D eigenvalue weighted by Crippen LogP contribution is -2.11. The summed E-state index contributed by atoms with van der Waals surface area (Å²) in [4.78, 5) is 15.5. The molecule has 0 N–H and O–H groups in total. The van der Waals surface area contributed by atoms with Gasteiger partial charge in [0.25, 0.3) is 0 Å². The Morgan fingerprint density at radius 1 is 1.19 bits per heavy atom. The van der Waals surface area contributed by atoms with Crippen molar-refractivity contribution in [1.29, 1.82) is 0 Å². The van der Waals surface area contributed by atoms with Crippen molar-refractivity contribution in [2.75, 3.05) is 6.61 Å². The Bertz CT molecular complexity index is 969. The molecule has 0 saturated heterocycles. The molecule has 5 nitrogen and oxygen atoms in total. The third-order valence-electron chi connectivity index (χ3n) is 3.65. The van der Waals surface area contributed by atoms with Gasteiger partial charge in [-0.25, -0.2) is 0 Å². The number of alkyl halides is 3. The topological polar surface area (TPSA) is 65.2 Å². The highest BCUT2D eigenvalue weighted by Gasteiger charge is 2.38. The third kappa shape index (κ3) is 4.54. The normalized spacial score (nSPS) is 11.4. The first-order chi connectivity index (χ1) is 12.7. The van der Waals surface area contributed by atoms with E-state index in [1.807, 2.05) is 13.0 Å². The fraction of sp³-hybridized carbons (Fsp3) is 0.167. The molecule has 27 heavy (non-hydrogen) atoms. The van der Waals surface area contributed by atoms with Crippen molar-refractivity contribution in [3.05, 3.63) is 64.0 Å². The van der Waals surface area contributed by atoms with E-state index >= 15 is 0 Å². The quantitative estimate of drug-likeness (QED) is 0.517. The molecule has 0 bridgehead atoms. The number of benzene rings is 2. The molecule has 0 spiro atoms. The maximum absolute atomic E-state index is 12.5. The summed E-state index contributed by atoms with van der Waals surface area (Å²) >= 11 is 3.39. The minimum absolute atomic E-state index is 0.171. The van der Waals surface area contributed by atoms with Gasteiger partial charge in [-0.3, -0.25) is 4.79 Å². The van der Waals surface area contributed by atoms with E-state index in [2.05, 4.69) is 30.6 Å². The number of rotatable bonds is 5. The largest absolute Gasteiger partial charge is 0.485 e. The highest BCUT2D eigenvalue weighted by atomic mass is 79.9. The van der Waals surface area contributed by atoms with Crippen molar-refractivity contribution in [2.24, 2.45) is 0 Å². The highest BCUT2D eigenvalue weighted by Crippen LogP contribution is 2.29. The van der Waals surface area contributed by atoms with Crippen LogP contribution in [0.25, 0.3) is 11.4 Å². The number of halogens is 4. The lowest BCUT2D eigenvalue weighted by atomic mass is 10.1. The van der Waals surface area contributed by atoms with E-state index in [1.54, 1.807) is 12.1 Å². The van der Waals surface area contributed by atoms with Crippen molar-refractivity contribution in [3.8, 4) is 17.1 Å². The second-order valence-electron chi connectivity index (χ2n) is 5.62. The van der Waals surface area contributed by atoms with Crippen molar-refractivity contribution in [1.82, 2.24) is 10.1 Å². The van der Waals surface area contributed by atoms with Gasteiger partial charge in [0.15, 0.2) is 12.4 Å². The second kappa shape index (κ2) is 7.51. The summed E-state index contributed by atoms with van der Waals surface area (Å²) in [7, 11) is 0. The Morgan fingerprint density at radius 2 is 1.89 bits per heavy atom. The molecule has 0 aliphatic carbocycles. The minimum Gasteiger partial charge on any atom is -0.485 e. The van der Waals surface area contributed by atoms with E-state index in [-0.39, 0.29) is 18.2 Å². The van der Waals surface area contributed by atoms with Crippen LogP contribution in [0.2, 0.25) is 0 Å². The minimum atomic E-state index is -4.70. The Morgan fingerprint density at radius 3 is 2.48 bits per heavy atom. The van der Waals surface area contributed by atoms with Crippen LogP contribution in [0.15, 0.2) is 51.5 Å². The van der Waals surface area contributed by atoms with E-state index in [0.717, 1.165) is 10.0 Å². The molecule has 0 unspecified atom stereocenters. The van der Waals surface area contributed by atoms with Crippen LogP contribution < -0.4 is 4.74 Å². The number of ketones is 1. The van der Waals surface area contributed by atoms with Gasteiger partial charge in [0.1, 0.15) is 5.75 Å². The van der Waals surface area contributed by atoms with Crippen LogP contribution in [-0.2, 0) is 6.18 Å². The fourth-order valence-electron chi connectivity index (χ4n) is 2.16. The number of aromatic nitrogens is 2. The smallest absolute Gasteiger partial charge is 0.471 e. The number of nitrogens with zero attached hydrogens (tertiary/aromatic N) is 2. The Kier molecular flexibility index (Phi) is 5.31. The molecule has 0 aliphatic rings. The average Bonchev–Trinajstić information content (AvgIpc) is 3.13. The predicted octanol–water partition coefficient (Wildman–Crippen LogP) is 5.09. The van der Waals surface area contributed by atoms with Gasteiger partial charge in [-0.15, -0.1) is 0 Å². The summed E-state index contributed by atoms with van der Waals surface area (Å²) in [6, 6.07) is 11.2. The van der Waals surface area contributed by atoms with Crippen LogP contribution in [0.5, 0.6) is 5.75 Å². The molecule has 1 aromatic heterocycles. The lowest BCUT2D eigenvalue weighted by molar-refractivity contribution is -0.159. The van der Waals surface area contributed by atoms with Crippen LogP contribution in [0.4, 0.5) is 13.2 Å². The van der Waals surface area contributed by atoms with Crippen LogP contribution >= 0.6 is 15.9 Å². The van der Waals surface area contributed by atoms with E-state index < -0.39 is 12.1 Å². The van der Waals surface area contributed by atoms with Crippen molar-refractivity contribution < 1.29 is 27.2 Å². The number of Topliss-reactive ketones (excluding diaryl/α,β-unsaturated/α-hetero) is 1. The Labute approximate surface area is 160 Å². The summed E-state index contributed by atoms with van der Waals surface area (Å²) < 4.78 is 48.0. The second-order valence-corrected chi connectivity index (χ2v) is 6.48. The van der Waals surface area contributed by atoms with Crippen molar-refractivity contribution in [3.63, 3.8) is 0 Å². The van der Waals surface area contributed by atoms with Gasteiger partial charge in [0.2, 0.25) is 5.82 Å². The maximum Gasteiger partial charge on any atom is 0.471 e. The molecule has 3 aromatic rings. The first-order valence-electron chi connectivity index (χ1n) is 7.67. The predicted molar refractivity (Wildman–Crippen MR) is 93.4 cm³/mol. The molecule has 0 fully saturated rings. The van der Waals surface area contributed by atoms with Gasteiger partial charge in [-0.2, -0.15) is 18.2 Å². The van der Waals surface area contributed by atoms with Crippen LogP contribution in [-0.4, -0.2) is 22.5 Å². The van der Waals surface area contributed by atoms with Gasteiger partial charge in [-0.05, 0) is 24.6 Å². The van der Waals surface area contributed by atoms with Crippen molar-refractivity contribution >= 4 is 21.7 Å². The van der Waals surface area contributed by atoms with Gasteiger partial charge in [0.05, 0.1) is 0 Å². The fourth-order valence-corrected chi connectivity index (χ4v) is 2.51. The molecular weight excluding hydrogens is 429 g/mol. The molecule has 3 rings (SSSR count). The maximum atomic E-state index is 12.5. The summed E-state index contributed by atoms with van der Waals surface area (Å²) in [6.07, 6.45) is -4.70. The lowest BCUT2D eigenvalue weighted by Gasteiger charge is -2.07. The number of carbonyl (C=O) groups is 1. The average molecular weight is 441 g/mol. The monoisotopic (exact) mass is 440 g/mol. The molecule has 0 aliphatic heterocycles. The molecular formula is C18H12BrF3N2O3. The van der Waals surface area contributed by atoms with Crippen LogP contribution in [0, 0.1) is 6.92 Å². The Balaban J connectivity index is 1.66. The Hall–Kier alpha value is -2.68. The molecule has 0 radical (unpaired) electrons. The third-order valence-corrected chi connectivity index (χ3v) is 4.50.